The fourth-order valence-electron chi connectivity index (χ4n) is 2.49. The van der Waals surface area contributed by atoms with E-state index in [4.69, 9.17) is 9.47 Å². The molecule has 0 spiro atoms. The number of nitrogens with one attached hydrogen (secondary N) is 1. The number of amides is 1. The maximum Gasteiger partial charge on any atom is 0.338 e. The van der Waals surface area contributed by atoms with E-state index < -0.39 is 27.5 Å². The molecule has 1 amide bonds. The van der Waals surface area contributed by atoms with Crippen LogP contribution in [-0.2, 0) is 25.1 Å². The first-order chi connectivity index (χ1) is 13.3. The molecular formula is C20H23NO6S. The lowest BCUT2D eigenvalue weighted by molar-refractivity contribution is -0.113. The van der Waals surface area contributed by atoms with Gasteiger partial charge in [-0.05, 0) is 43.7 Å². The Morgan fingerprint density at radius 2 is 1.64 bits per heavy atom. The summed E-state index contributed by atoms with van der Waals surface area (Å²) >= 11 is 0. The van der Waals surface area contributed by atoms with Gasteiger partial charge in [0.05, 0.1) is 30.2 Å². The van der Waals surface area contributed by atoms with Gasteiger partial charge in [-0.25, -0.2) is 13.2 Å². The molecule has 1 N–H and O–H groups in total. The summed E-state index contributed by atoms with van der Waals surface area (Å²) < 4.78 is 35.0. The minimum absolute atomic E-state index is 0.260. The van der Waals surface area contributed by atoms with Gasteiger partial charge in [0.2, 0.25) is 5.91 Å². The quantitative estimate of drug-likeness (QED) is 0.644. The van der Waals surface area contributed by atoms with Crippen molar-refractivity contribution in [2.24, 2.45) is 0 Å². The van der Waals surface area contributed by atoms with Crippen molar-refractivity contribution in [3.63, 3.8) is 0 Å². The maximum absolute atomic E-state index is 12.3. The molecular weight excluding hydrogens is 382 g/mol. The van der Waals surface area contributed by atoms with Crippen LogP contribution in [0.15, 0.2) is 48.5 Å². The van der Waals surface area contributed by atoms with E-state index in [9.17, 15) is 18.0 Å². The first-order valence-electron chi connectivity index (χ1n) is 8.82. The zero-order chi connectivity index (χ0) is 20.6. The molecule has 28 heavy (non-hydrogen) atoms. The Kier molecular flexibility index (Phi) is 7.57. The molecule has 0 aromatic heterocycles. The predicted octanol–water partition coefficient (Wildman–Crippen LogP) is 2.82. The summed E-state index contributed by atoms with van der Waals surface area (Å²) in [6, 6.07) is 12.9. The zero-order valence-electron chi connectivity index (χ0n) is 15.8. The number of rotatable bonds is 9. The van der Waals surface area contributed by atoms with Gasteiger partial charge in [-0.3, -0.25) is 4.79 Å². The Labute approximate surface area is 164 Å². The highest BCUT2D eigenvalue weighted by Crippen LogP contribution is 2.23. The van der Waals surface area contributed by atoms with Crippen molar-refractivity contribution in [3.05, 3.63) is 59.7 Å². The van der Waals surface area contributed by atoms with Gasteiger partial charge in [0.25, 0.3) is 0 Å². The summed E-state index contributed by atoms with van der Waals surface area (Å²) in [4.78, 5) is 23.8. The molecule has 0 atom stereocenters. The first kappa shape index (κ1) is 21.4. The van der Waals surface area contributed by atoms with Crippen LogP contribution in [0.25, 0.3) is 0 Å². The largest absolute Gasteiger partial charge is 0.492 e. The van der Waals surface area contributed by atoms with Crippen LogP contribution in [-0.4, -0.2) is 39.3 Å². The van der Waals surface area contributed by atoms with E-state index in [1.807, 2.05) is 6.92 Å². The molecule has 0 heterocycles. The third-order valence-electron chi connectivity index (χ3n) is 3.66. The number of carbonyl (C=O) groups excluding carboxylic acids is 2. The lowest BCUT2D eigenvalue weighted by Gasteiger charge is -2.11. The SMILES string of the molecule is CCOC(=O)c1ccc(CS(=O)(=O)CC(=O)Nc2ccccc2OCC)cc1. The molecule has 0 saturated carbocycles. The Hall–Kier alpha value is -2.87. The van der Waals surface area contributed by atoms with E-state index in [2.05, 4.69) is 5.32 Å². The highest BCUT2D eigenvalue weighted by Gasteiger charge is 2.19. The molecule has 0 aliphatic carbocycles. The highest BCUT2D eigenvalue weighted by molar-refractivity contribution is 7.91. The highest BCUT2D eigenvalue weighted by atomic mass is 32.2. The van der Waals surface area contributed by atoms with Gasteiger partial charge in [-0.15, -0.1) is 0 Å². The van der Waals surface area contributed by atoms with E-state index in [1.165, 1.54) is 24.3 Å². The molecule has 0 unspecified atom stereocenters. The predicted molar refractivity (Wildman–Crippen MR) is 106 cm³/mol. The molecule has 2 aromatic rings. The van der Waals surface area contributed by atoms with Crippen molar-refractivity contribution in [2.45, 2.75) is 19.6 Å². The molecule has 2 rings (SSSR count). The molecule has 0 fully saturated rings. The summed E-state index contributed by atoms with van der Waals surface area (Å²) in [7, 11) is -3.69. The minimum Gasteiger partial charge on any atom is -0.492 e. The summed E-state index contributed by atoms with van der Waals surface area (Å²) in [5, 5.41) is 2.57. The molecule has 0 saturated heterocycles. The molecule has 7 nitrogen and oxygen atoms in total. The number of para-hydroxylation sites is 2. The van der Waals surface area contributed by atoms with Crippen molar-refractivity contribution < 1.29 is 27.5 Å². The van der Waals surface area contributed by atoms with Gasteiger partial charge in [0.1, 0.15) is 11.5 Å². The monoisotopic (exact) mass is 405 g/mol. The van der Waals surface area contributed by atoms with Crippen molar-refractivity contribution in [1.82, 2.24) is 0 Å². The van der Waals surface area contributed by atoms with Gasteiger partial charge in [-0.2, -0.15) is 0 Å². The summed E-state index contributed by atoms with van der Waals surface area (Å²) in [5.74, 6) is -1.60. The number of carbonyl (C=O) groups is 2. The topological polar surface area (TPSA) is 98.8 Å². The van der Waals surface area contributed by atoms with Gasteiger partial charge >= 0.3 is 5.97 Å². The van der Waals surface area contributed by atoms with Gasteiger partial charge in [0, 0.05) is 0 Å². The normalized spacial score (nSPS) is 10.9. The molecule has 2 aromatic carbocycles. The fourth-order valence-corrected chi connectivity index (χ4v) is 3.77. The van der Waals surface area contributed by atoms with Crippen LogP contribution in [0.4, 0.5) is 5.69 Å². The van der Waals surface area contributed by atoms with Gasteiger partial charge in [0.15, 0.2) is 9.84 Å². The van der Waals surface area contributed by atoms with Crippen LogP contribution in [0.5, 0.6) is 5.75 Å². The number of anilines is 1. The molecule has 8 heteroatoms. The lowest BCUT2D eigenvalue weighted by atomic mass is 10.1. The standard InChI is InChI=1S/C20H23NO6S/c1-3-26-18-8-6-5-7-17(18)21-19(22)14-28(24,25)13-15-9-11-16(12-10-15)20(23)27-4-2/h5-12H,3-4,13-14H2,1-2H3,(H,21,22). The van der Waals surface area contributed by atoms with E-state index in [0.29, 0.717) is 29.2 Å². The van der Waals surface area contributed by atoms with E-state index in [-0.39, 0.29) is 12.4 Å². The second kappa shape index (κ2) is 9.89. The second-order valence-corrected chi connectivity index (χ2v) is 7.99. The molecule has 150 valence electrons. The smallest absolute Gasteiger partial charge is 0.338 e. The summed E-state index contributed by atoms with van der Waals surface area (Å²) in [6.45, 7) is 4.20. The molecule has 0 bridgehead atoms. The molecule has 0 radical (unpaired) electrons. The van der Waals surface area contributed by atoms with Gasteiger partial charge < -0.3 is 14.8 Å². The zero-order valence-corrected chi connectivity index (χ0v) is 16.6. The number of ether oxygens (including phenoxy) is 2. The summed E-state index contributed by atoms with van der Waals surface area (Å²) in [6.07, 6.45) is 0. The lowest BCUT2D eigenvalue weighted by Crippen LogP contribution is -2.24. The van der Waals surface area contributed by atoms with Crippen molar-refractivity contribution in [1.29, 1.82) is 0 Å². The van der Waals surface area contributed by atoms with E-state index in [1.54, 1.807) is 31.2 Å². The van der Waals surface area contributed by atoms with Crippen molar-refractivity contribution in [2.75, 3.05) is 24.3 Å². The number of hydrogen-bond acceptors (Lipinski definition) is 6. The summed E-state index contributed by atoms with van der Waals surface area (Å²) in [5.41, 5.74) is 1.24. The number of sulfone groups is 1. The van der Waals surface area contributed by atoms with Crippen LogP contribution in [0, 0.1) is 0 Å². The van der Waals surface area contributed by atoms with E-state index >= 15 is 0 Å². The van der Waals surface area contributed by atoms with Crippen LogP contribution in [0.1, 0.15) is 29.8 Å². The molecule has 0 aliphatic heterocycles. The number of hydrogen-bond donors (Lipinski definition) is 1. The Bertz CT molecular complexity index is 922. The average molecular weight is 405 g/mol. The number of benzene rings is 2. The van der Waals surface area contributed by atoms with Crippen molar-refractivity contribution >= 4 is 27.4 Å². The molecule has 0 aliphatic rings. The third kappa shape index (κ3) is 6.38. The fraction of sp³-hybridized carbons (Fsp3) is 0.300. The minimum atomic E-state index is -3.69. The Morgan fingerprint density at radius 1 is 0.964 bits per heavy atom. The second-order valence-electron chi connectivity index (χ2n) is 5.93. The number of esters is 1. The Morgan fingerprint density at radius 3 is 2.29 bits per heavy atom. The average Bonchev–Trinajstić information content (AvgIpc) is 2.63. The third-order valence-corrected chi connectivity index (χ3v) is 5.14. The van der Waals surface area contributed by atoms with E-state index in [0.717, 1.165) is 0 Å². The van der Waals surface area contributed by atoms with Crippen LogP contribution < -0.4 is 10.1 Å². The van der Waals surface area contributed by atoms with Crippen molar-refractivity contribution in [3.8, 4) is 5.75 Å². The Balaban J connectivity index is 2.00. The first-order valence-corrected chi connectivity index (χ1v) is 10.6. The van der Waals surface area contributed by atoms with Crippen LogP contribution in [0.2, 0.25) is 0 Å². The van der Waals surface area contributed by atoms with Crippen LogP contribution >= 0.6 is 0 Å². The van der Waals surface area contributed by atoms with Crippen LogP contribution in [0.3, 0.4) is 0 Å². The van der Waals surface area contributed by atoms with Gasteiger partial charge in [-0.1, -0.05) is 24.3 Å². The maximum atomic E-state index is 12.3.